The number of rotatable bonds is 7. The van der Waals surface area contributed by atoms with Gasteiger partial charge in [0.15, 0.2) is 0 Å². The van der Waals surface area contributed by atoms with E-state index in [-0.39, 0.29) is 5.91 Å². The van der Waals surface area contributed by atoms with Gasteiger partial charge in [-0.25, -0.2) is 4.98 Å². The molecule has 5 nitrogen and oxygen atoms in total. The molecule has 0 aromatic carbocycles. The van der Waals surface area contributed by atoms with Gasteiger partial charge in [-0.1, -0.05) is 13.8 Å². The first kappa shape index (κ1) is 15.8. The molecule has 0 aliphatic carbocycles. The maximum absolute atomic E-state index is 12.3. The summed E-state index contributed by atoms with van der Waals surface area (Å²) in [6, 6.07) is 3.63. The fourth-order valence-electron chi connectivity index (χ4n) is 2.67. The van der Waals surface area contributed by atoms with Gasteiger partial charge in [-0.05, 0) is 44.0 Å². The predicted octanol–water partition coefficient (Wildman–Crippen LogP) is 1.98. The number of pyridine rings is 1. The second-order valence-corrected chi connectivity index (χ2v) is 5.58. The highest BCUT2D eigenvalue weighted by Crippen LogP contribution is 2.16. The van der Waals surface area contributed by atoms with Gasteiger partial charge in [0.1, 0.15) is 5.82 Å². The number of hydrogen-bond donors (Lipinski definition) is 2. The number of nitrogens with one attached hydrogen (secondary N) is 2. The van der Waals surface area contributed by atoms with Crippen molar-refractivity contribution in [2.24, 2.45) is 5.92 Å². The van der Waals surface area contributed by atoms with Crippen LogP contribution in [0.4, 0.5) is 5.82 Å². The quantitative estimate of drug-likeness (QED) is 0.806. The van der Waals surface area contributed by atoms with Crippen LogP contribution in [0.1, 0.15) is 37.0 Å². The number of amides is 1. The van der Waals surface area contributed by atoms with Gasteiger partial charge in [-0.15, -0.1) is 0 Å². The molecule has 0 bridgehead atoms. The summed E-state index contributed by atoms with van der Waals surface area (Å²) < 4.78 is 0. The average Bonchev–Trinajstić information content (AvgIpc) is 2.99. The second kappa shape index (κ2) is 7.98. The van der Waals surface area contributed by atoms with E-state index in [1.807, 2.05) is 6.07 Å². The maximum atomic E-state index is 12.3. The lowest BCUT2D eigenvalue weighted by Gasteiger charge is -2.15. The lowest BCUT2D eigenvalue weighted by molar-refractivity contribution is 0.0948. The number of carbonyl (C=O) groups is 1. The molecule has 1 atom stereocenters. The summed E-state index contributed by atoms with van der Waals surface area (Å²) in [5.74, 6) is 1.22. The minimum absolute atomic E-state index is 0.0309. The van der Waals surface area contributed by atoms with E-state index in [0.29, 0.717) is 17.3 Å². The first-order valence-electron chi connectivity index (χ1n) is 7.94. The zero-order valence-electron chi connectivity index (χ0n) is 13.1. The zero-order chi connectivity index (χ0) is 15.1. The van der Waals surface area contributed by atoms with Crippen molar-refractivity contribution in [3.05, 3.63) is 23.9 Å². The van der Waals surface area contributed by atoms with Gasteiger partial charge in [0.2, 0.25) is 0 Å². The average molecular weight is 290 g/mol. The van der Waals surface area contributed by atoms with Crippen LogP contribution in [-0.4, -0.2) is 48.5 Å². The highest BCUT2D eigenvalue weighted by atomic mass is 16.1. The monoisotopic (exact) mass is 290 g/mol. The number of likely N-dealkylation sites (tertiary alicyclic amines) is 1. The Kier molecular flexibility index (Phi) is 5.99. The molecule has 2 heterocycles. The number of anilines is 1. The summed E-state index contributed by atoms with van der Waals surface area (Å²) in [5, 5.41) is 6.26. The molecule has 2 rings (SSSR count). The largest absolute Gasteiger partial charge is 0.369 e. The van der Waals surface area contributed by atoms with Crippen molar-refractivity contribution in [1.82, 2.24) is 15.2 Å². The van der Waals surface area contributed by atoms with Crippen molar-refractivity contribution in [2.75, 3.05) is 38.0 Å². The lowest BCUT2D eigenvalue weighted by atomic mass is 10.1. The Morgan fingerprint density at radius 3 is 3.05 bits per heavy atom. The molecule has 21 heavy (non-hydrogen) atoms. The zero-order valence-corrected chi connectivity index (χ0v) is 13.1. The Morgan fingerprint density at radius 1 is 1.48 bits per heavy atom. The number of aromatic nitrogens is 1. The van der Waals surface area contributed by atoms with Crippen molar-refractivity contribution < 1.29 is 4.79 Å². The summed E-state index contributed by atoms with van der Waals surface area (Å²) in [4.78, 5) is 19.0. The van der Waals surface area contributed by atoms with E-state index in [2.05, 4.69) is 34.4 Å². The molecule has 1 aliphatic rings. The van der Waals surface area contributed by atoms with Gasteiger partial charge in [0.25, 0.3) is 5.91 Å². The second-order valence-electron chi connectivity index (χ2n) is 5.58. The fraction of sp³-hybridized carbons (Fsp3) is 0.625. The summed E-state index contributed by atoms with van der Waals surface area (Å²) in [6.45, 7) is 9.18. The molecule has 1 aromatic rings. The molecule has 1 aliphatic heterocycles. The summed E-state index contributed by atoms with van der Waals surface area (Å²) in [6.07, 6.45) is 3.89. The Morgan fingerprint density at radius 2 is 2.33 bits per heavy atom. The van der Waals surface area contributed by atoms with Crippen molar-refractivity contribution in [2.45, 2.75) is 26.7 Å². The van der Waals surface area contributed by atoms with Crippen molar-refractivity contribution in [1.29, 1.82) is 0 Å². The van der Waals surface area contributed by atoms with E-state index in [9.17, 15) is 4.79 Å². The first-order chi connectivity index (χ1) is 10.2. The van der Waals surface area contributed by atoms with Crippen LogP contribution in [0.2, 0.25) is 0 Å². The van der Waals surface area contributed by atoms with E-state index in [4.69, 9.17) is 0 Å². The van der Waals surface area contributed by atoms with Crippen LogP contribution < -0.4 is 10.6 Å². The minimum atomic E-state index is -0.0309. The maximum Gasteiger partial charge on any atom is 0.255 e. The fourth-order valence-corrected chi connectivity index (χ4v) is 2.67. The van der Waals surface area contributed by atoms with Crippen LogP contribution in [0.15, 0.2) is 18.3 Å². The predicted molar refractivity (Wildman–Crippen MR) is 85.6 cm³/mol. The van der Waals surface area contributed by atoms with Crippen molar-refractivity contribution in [3.8, 4) is 0 Å². The molecule has 1 amide bonds. The molecule has 1 unspecified atom stereocenters. The number of carbonyl (C=O) groups excluding carboxylic acids is 1. The minimum Gasteiger partial charge on any atom is -0.369 e. The Bertz CT molecular complexity index is 463. The molecule has 116 valence electrons. The van der Waals surface area contributed by atoms with Crippen LogP contribution in [-0.2, 0) is 0 Å². The van der Waals surface area contributed by atoms with Crippen molar-refractivity contribution in [3.63, 3.8) is 0 Å². The smallest absolute Gasteiger partial charge is 0.255 e. The van der Waals surface area contributed by atoms with Crippen LogP contribution in [0.25, 0.3) is 0 Å². The highest BCUT2D eigenvalue weighted by Gasteiger charge is 2.22. The molecule has 0 spiro atoms. The lowest BCUT2D eigenvalue weighted by Crippen LogP contribution is -2.31. The summed E-state index contributed by atoms with van der Waals surface area (Å²) in [7, 11) is 0. The van der Waals surface area contributed by atoms with E-state index >= 15 is 0 Å². The first-order valence-corrected chi connectivity index (χ1v) is 7.94. The topological polar surface area (TPSA) is 57.3 Å². The summed E-state index contributed by atoms with van der Waals surface area (Å²) in [5.41, 5.74) is 0.635. The third-order valence-corrected chi connectivity index (χ3v) is 3.96. The Labute approximate surface area is 127 Å². The van der Waals surface area contributed by atoms with Crippen molar-refractivity contribution >= 4 is 11.7 Å². The summed E-state index contributed by atoms with van der Waals surface area (Å²) >= 11 is 0. The van der Waals surface area contributed by atoms with Crippen LogP contribution in [0.5, 0.6) is 0 Å². The third kappa shape index (κ3) is 4.43. The van der Waals surface area contributed by atoms with Gasteiger partial charge in [-0.3, -0.25) is 4.79 Å². The molecule has 0 saturated carbocycles. The van der Waals surface area contributed by atoms with Gasteiger partial charge >= 0.3 is 0 Å². The van der Waals surface area contributed by atoms with Crippen LogP contribution in [0, 0.1) is 5.92 Å². The Balaban J connectivity index is 1.88. The van der Waals surface area contributed by atoms with Gasteiger partial charge < -0.3 is 15.5 Å². The van der Waals surface area contributed by atoms with E-state index in [0.717, 1.165) is 39.1 Å². The molecule has 5 heteroatoms. The standard InChI is InChI=1S/C16H26N4O/c1-3-8-17-15-14(6-5-9-18-15)16(21)19-11-13-7-10-20(4-2)12-13/h5-6,9,13H,3-4,7-8,10-12H2,1-2H3,(H,17,18)(H,19,21). The molecule has 2 N–H and O–H groups in total. The molecule has 1 fully saturated rings. The molecule has 1 saturated heterocycles. The van der Waals surface area contributed by atoms with E-state index in [1.165, 1.54) is 6.42 Å². The Hall–Kier alpha value is -1.62. The number of nitrogens with zero attached hydrogens (tertiary/aromatic N) is 2. The molecule has 1 aromatic heterocycles. The normalized spacial score (nSPS) is 18.7. The van der Waals surface area contributed by atoms with Gasteiger partial charge in [-0.2, -0.15) is 0 Å². The number of hydrogen-bond acceptors (Lipinski definition) is 4. The van der Waals surface area contributed by atoms with Gasteiger partial charge in [0.05, 0.1) is 5.56 Å². The highest BCUT2D eigenvalue weighted by molar-refractivity contribution is 5.98. The van der Waals surface area contributed by atoms with Crippen LogP contribution in [0.3, 0.4) is 0 Å². The molecular weight excluding hydrogens is 264 g/mol. The molecule has 0 radical (unpaired) electrons. The van der Waals surface area contributed by atoms with E-state index in [1.54, 1.807) is 12.3 Å². The van der Waals surface area contributed by atoms with Gasteiger partial charge in [0, 0.05) is 25.8 Å². The molecular formula is C16H26N4O. The SMILES string of the molecule is CCCNc1ncccc1C(=O)NCC1CCN(CC)C1. The van der Waals surface area contributed by atoms with Crippen LogP contribution >= 0.6 is 0 Å². The van der Waals surface area contributed by atoms with E-state index < -0.39 is 0 Å². The third-order valence-electron chi connectivity index (χ3n) is 3.96.